The summed E-state index contributed by atoms with van der Waals surface area (Å²) in [6.07, 6.45) is 9.34. The number of carbonyl (C=O) groups excluding carboxylic acids is 8. The summed E-state index contributed by atoms with van der Waals surface area (Å²) in [7, 11) is 0. The Bertz CT molecular complexity index is 3840. The van der Waals surface area contributed by atoms with Crippen molar-refractivity contribution in [2.24, 2.45) is 17.6 Å². The maximum absolute atomic E-state index is 14.2. The molecule has 0 spiro atoms. The number of fused-ring (bicyclic) bond motifs is 5. The van der Waals surface area contributed by atoms with E-state index in [1.165, 1.54) is 17.1 Å². The molecule has 31 heteroatoms. The number of amides is 5. The quantitative estimate of drug-likeness (QED) is 0.0208. The first-order chi connectivity index (χ1) is 51.6. The number of unbranched alkanes of at least 4 members (excludes halogenated alkanes) is 1. The maximum atomic E-state index is 14.2. The van der Waals surface area contributed by atoms with Gasteiger partial charge in [0.15, 0.2) is 5.78 Å². The predicted octanol–water partition coefficient (Wildman–Crippen LogP) is 3.16. The molecule has 6 N–H and O–H groups in total. The smallest absolute Gasteiger partial charge is 0.317 e. The minimum Gasteiger partial charge on any atom is -0.508 e. The second-order valence-corrected chi connectivity index (χ2v) is 26.3. The fourth-order valence-corrected chi connectivity index (χ4v) is 13.2. The van der Waals surface area contributed by atoms with E-state index >= 15 is 0 Å². The highest BCUT2D eigenvalue weighted by Crippen LogP contribution is 2.44. The number of hydrogen-bond donors (Lipinski definition) is 5. The molecule has 3 aromatic heterocycles. The van der Waals surface area contributed by atoms with Crippen molar-refractivity contribution in [1.29, 1.82) is 0 Å². The summed E-state index contributed by atoms with van der Waals surface area (Å²) in [6.45, 7) is 10.8. The number of ether oxygens (including phenoxy) is 11. The van der Waals surface area contributed by atoms with Crippen LogP contribution in [0.2, 0.25) is 0 Å². The Kier molecular flexibility index (Phi) is 32.6. The number of phenolic OH excluding ortho intramolecular Hbond substituents is 1. The van der Waals surface area contributed by atoms with Crippen LogP contribution in [0, 0.1) is 11.8 Å². The number of nitrogens with one attached hydrogen (secondary N) is 3. The van der Waals surface area contributed by atoms with E-state index in [1.54, 1.807) is 70.9 Å². The number of aryl methyl sites for hydroxylation is 1. The van der Waals surface area contributed by atoms with Gasteiger partial charge in [-0.2, -0.15) is 0 Å². The monoisotopic (exact) mass is 1480 g/mol. The predicted molar refractivity (Wildman–Crippen MR) is 381 cm³/mol. The Labute approximate surface area is 615 Å². The summed E-state index contributed by atoms with van der Waals surface area (Å²) >= 11 is 0. The first-order valence-corrected chi connectivity index (χ1v) is 36.6. The van der Waals surface area contributed by atoms with Gasteiger partial charge < -0.3 is 83.5 Å². The number of cyclic esters (lactones) is 1. The van der Waals surface area contributed by atoms with Crippen molar-refractivity contribution in [2.75, 3.05) is 139 Å². The molecule has 6 heterocycles. The van der Waals surface area contributed by atoms with Crippen LogP contribution in [0.1, 0.15) is 111 Å². The normalized spacial score (nSPS) is 16.9. The highest BCUT2D eigenvalue weighted by atomic mass is 16.6. The van der Waals surface area contributed by atoms with Gasteiger partial charge in [-0.05, 0) is 117 Å². The van der Waals surface area contributed by atoms with Crippen molar-refractivity contribution in [2.45, 2.75) is 129 Å². The number of carbonyl (C=O) groups is 8. The van der Waals surface area contributed by atoms with Crippen molar-refractivity contribution in [1.82, 2.24) is 45.4 Å². The van der Waals surface area contributed by atoms with Gasteiger partial charge in [-0.15, -0.1) is 5.10 Å². The molecule has 1 saturated carbocycles. The number of Topliss-reactive ketones (excluding diaryl/α,β-unsaturated/α-hetero) is 1. The van der Waals surface area contributed by atoms with Crippen molar-refractivity contribution in [3.05, 3.63) is 116 Å². The van der Waals surface area contributed by atoms with E-state index in [1.807, 2.05) is 6.92 Å². The molecule has 4 aliphatic rings. The number of nitrogens with two attached hydrogens (primary N) is 1. The Morgan fingerprint density at radius 3 is 1.94 bits per heavy atom. The highest BCUT2D eigenvalue weighted by molar-refractivity contribution is 6.12. The van der Waals surface area contributed by atoms with Gasteiger partial charge in [0.25, 0.3) is 17.4 Å². The summed E-state index contributed by atoms with van der Waals surface area (Å²) in [6, 6.07) is 12.8. The van der Waals surface area contributed by atoms with E-state index in [0.717, 1.165) is 29.4 Å². The highest BCUT2D eigenvalue weighted by Gasteiger charge is 2.49. The van der Waals surface area contributed by atoms with Gasteiger partial charge in [0.1, 0.15) is 43.3 Å². The third kappa shape index (κ3) is 23.9. The second-order valence-electron chi connectivity index (χ2n) is 26.3. The third-order valence-electron chi connectivity index (χ3n) is 19.0. The molecule has 1 fully saturated rings. The van der Waals surface area contributed by atoms with Gasteiger partial charge in [-0.25, -0.2) is 9.67 Å². The lowest BCUT2D eigenvalue weighted by Crippen LogP contribution is -2.46. The average molecular weight is 1480 g/mol. The van der Waals surface area contributed by atoms with E-state index in [-0.39, 0.29) is 112 Å². The summed E-state index contributed by atoms with van der Waals surface area (Å²) < 4.78 is 64.4. The molecule has 5 aromatic rings. The van der Waals surface area contributed by atoms with Crippen LogP contribution >= 0.6 is 0 Å². The lowest BCUT2D eigenvalue weighted by molar-refractivity contribution is -0.161. The zero-order valence-electron chi connectivity index (χ0n) is 60.6. The van der Waals surface area contributed by atoms with E-state index in [4.69, 9.17) is 62.8 Å². The van der Waals surface area contributed by atoms with E-state index in [9.17, 15) is 48.3 Å². The molecular formula is C75H100N10O21. The molecule has 2 atom stereocenters. The van der Waals surface area contributed by atoms with Crippen LogP contribution in [0.15, 0.2) is 71.7 Å². The number of phenols is 1. The molecule has 31 nitrogen and oxygen atoms in total. The van der Waals surface area contributed by atoms with Gasteiger partial charge in [-0.3, -0.25) is 48.1 Å². The maximum Gasteiger partial charge on any atom is 0.317 e. The molecule has 0 bridgehead atoms. The number of imide groups is 1. The zero-order chi connectivity index (χ0) is 75.1. The zero-order valence-corrected chi connectivity index (χ0v) is 60.6. The van der Waals surface area contributed by atoms with Gasteiger partial charge in [0, 0.05) is 48.5 Å². The standard InChI is InChI=1S/C75H100N10O21/c1-3-57-58-40-56(86)16-17-62(58)80-71-59(57)46-84-64(71)41-61-60(73(84)94)48-106-74(95)75(61,4-2)42-70(92)105-47-53-10-8-51(9-11-53)39-65(87)63(7-5-6-20-76)79-67(89)50-104-49-66(88)77-21-23-96-25-27-98-29-31-100-33-35-102-37-38-103-36-34-101-32-30-99-28-26-97-24-22-83-45-55(81-82-83)43-78-72(93)54-14-12-52(13-15-54)44-85-68(90)18-19-69(85)91/h8-11,16-19,40-41,45,52,54,63,86H,3-7,12-15,20-39,42-44,46-50,76H2,1-2H3,(H,77,88)(H,78,93)(H,79,89)/t52?,54?,63-,75-/m0/s1. The second kappa shape index (κ2) is 42.5. The number of benzene rings is 2. The number of pyridine rings is 2. The lowest BCUT2D eigenvalue weighted by atomic mass is 9.72. The van der Waals surface area contributed by atoms with Crippen LogP contribution < -0.4 is 27.2 Å². The number of ketones is 1. The minimum atomic E-state index is -1.50. The molecule has 576 valence electrons. The molecule has 2 aromatic carbocycles. The molecule has 0 saturated heterocycles. The fraction of sp³-hybridized carbons (Fsp3) is 0.573. The van der Waals surface area contributed by atoms with Crippen molar-refractivity contribution >= 4 is 58.2 Å². The number of nitrogens with zero attached hydrogens (tertiary/aromatic N) is 6. The van der Waals surface area contributed by atoms with E-state index < -0.39 is 41.8 Å². The number of esters is 2. The summed E-state index contributed by atoms with van der Waals surface area (Å²) in [5.41, 5.74) is 10.2. The summed E-state index contributed by atoms with van der Waals surface area (Å²) in [4.78, 5) is 123. The van der Waals surface area contributed by atoms with Gasteiger partial charge in [-0.1, -0.05) is 43.3 Å². The third-order valence-corrected chi connectivity index (χ3v) is 19.0. The molecule has 3 aliphatic heterocycles. The summed E-state index contributed by atoms with van der Waals surface area (Å²) in [5, 5.41) is 27.7. The van der Waals surface area contributed by atoms with E-state index in [2.05, 4.69) is 26.3 Å². The van der Waals surface area contributed by atoms with Crippen molar-refractivity contribution in [3.8, 4) is 17.1 Å². The average Bonchev–Trinajstić information content (AvgIpc) is 1.49. The minimum absolute atomic E-state index is 0.00802. The Morgan fingerprint density at radius 1 is 0.708 bits per heavy atom. The van der Waals surface area contributed by atoms with Gasteiger partial charge >= 0.3 is 11.9 Å². The molecule has 106 heavy (non-hydrogen) atoms. The number of aromatic nitrogens is 5. The number of rotatable bonds is 50. The molecular weight excluding hydrogens is 1380 g/mol. The van der Waals surface area contributed by atoms with Crippen LogP contribution in [0.5, 0.6) is 5.75 Å². The number of hydrogen-bond acceptors (Lipinski definition) is 25. The van der Waals surface area contributed by atoms with Crippen LogP contribution in [0.3, 0.4) is 0 Å². The Hall–Kier alpha value is -8.76. The van der Waals surface area contributed by atoms with Crippen LogP contribution in [-0.2, 0) is 142 Å². The fourth-order valence-electron chi connectivity index (χ4n) is 13.2. The summed E-state index contributed by atoms with van der Waals surface area (Å²) in [5.74, 6) is -2.91. The molecule has 0 unspecified atom stereocenters. The van der Waals surface area contributed by atoms with Gasteiger partial charge in [0.05, 0.1) is 166 Å². The lowest BCUT2D eigenvalue weighted by Gasteiger charge is -2.35. The number of aromatic hydroxyl groups is 1. The molecule has 0 radical (unpaired) electrons. The largest absolute Gasteiger partial charge is 0.508 e. The van der Waals surface area contributed by atoms with Crippen LogP contribution in [0.4, 0.5) is 0 Å². The van der Waals surface area contributed by atoms with Gasteiger partial charge in [0.2, 0.25) is 17.7 Å². The Balaban J connectivity index is 0.528. The topological polar surface area (TPSA) is 389 Å². The molecule has 9 rings (SSSR count). The Morgan fingerprint density at radius 2 is 1.32 bits per heavy atom. The SMILES string of the molecule is CCc1c2c(nc3ccc(O)cc13)-c1cc3c(c(=O)n1C2)COC(=O)[C@@]3(CC)CC(=O)OCc1ccc(CC(=O)[C@H](CCCCN)NC(=O)COCC(=O)NCCOCCOCCOCCOCCOCCOCCOCCOCCn2cc(CNC(=O)C3CCC(CN4C(=O)C=CC4=O)CC3)nn2)cc1. The first-order valence-electron chi connectivity index (χ1n) is 36.6. The van der Waals surface area contributed by atoms with Crippen molar-refractivity contribution < 1.29 is 95.6 Å². The van der Waals surface area contributed by atoms with Crippen molar-refractivity contribution in [3.63, 3.8) is 0 Å². The molecule has 1 aliphatic carbocycles. The van der Waals surface area contributed by atoms with Crippen LogP contribution in [0.25, 0.3) is 22.3 Å². The van der Waals surface area contributed by atoms with E-state index in [0.29, 0.717) is 202 Å². The molecule has 5 amide bonds. The first kappa shape index (κ1) is 81.3. The van der Waals surface area contributed by atoms with Crippen LogP contribution in [-0.4, -0.2) is 226 Å².